The minimum atomic E-state index is -0.595. The third-order valence-electron chi connectivity index (χ3n) is 6.33. The zero-order valence-electron chi connectivity index (χ0n) is 20.8. The second-order valence-electron chi connectivity index (χ2n) is 8.97. The molecule has 0 spiro atoms. The van der Waals surface area contributed by atoms with Crippen molar-refractivity contribution >= 4 is 40.4 Å². The number of ether oxygens (including phenoxy) is 3. The molecule has 0 N–H and O–H groups in total. The normalized spacial score (nSPS) is 13.4. The van der Waals surface area contributed by atoms with Gasteiger partial charge in [-0.15, -0.1) is 0 Å². The molecule has 5 aromatic rings. The number of fused-ring (bicyclic) bond motifs is 2. The molecule has 1 aromatic heterocycles. The van der Waals surface area contributed by atoms with Crippen LogP contribution in [0.15, 0.2) is 101 Å². The van der Waals surface area contributed by atoms with Gasteiger partial charge in [-0.2, -0.15) is 0 Å². The predicted molar refractivity (Wildman–Crippen MR) is 148 cm³/mol. The number of furan rings is 1. The van der Waals surface area contributed by atoms with Gasteiger partial charge in [0, 0.05) is 16.5 Å². The molecule has 4 aromatic carbocycles. The van der Waals surface area contributed by atoms with Crippen molar-refractivity contribution in [3.63, 3.8) is 0 Å². The van der Waals surface area contributed by atoms with Crippen molar-refractivity contribution in [1.82, 2.24) is 0 Å². The van der Waals surface area contributed by atoms with Crippen molar-refractivity contribution in [3.05, 3.63) is 130 Å². The van der Waals surface area contributed by atoms with Gasteiger partial charge in [-0.25, -0.2) is 4.79 Å². The van der Waals surface area contributed by atoms with Crippen molar-refractivity contribution in [3.8, 4) is 17.2 Å². The SMILES string of the molecule is Cc1oc2ccc(OCc3ccccc3)cc2c1C(=O)Oc1ccc2c(c1)O/C(=C\c1ccccc1Cl)C2=O. The molecule has 7 heteroatoms. The van der Waals surface area contributed by atoms with Crippen LogP contribution in [0.25, 0.3) is 17.0 Å². The molecule has 192 valence electrons. The van der Waals surface area contributed by atoms with Crippen LogP contribution in [0.5, 0.6) is 17.2 Å². The van der Waals surface area contributed by atoms with E-state index in [2.05, 4.69) is 0 Å². The number of aryl methyl sites for hydroxylation is 1. The third-order valence-corrected chi connectivity index (χ3v) is 6.68. The summed E-state index contributed by atoms with van der Waals surface area (Å²) in [7, 11) is 0. The van der Waals surface area contributed by atoms with E-state index < -0.39 is 5.97 Å². The van der Waals surface area contributed by atoms with E-state index in [-0.39, 0.29) is 17.3 Å². The molecule has 0 saturated carbocycles. The van der Waals surface area contributed by atoms with Crippen LogP contribution in [0, 0.1) is 6.92 Å². The summed E-state index contributed by atoms with van der Waals surface area (Å²) >= 11 is 6.22. The van der Waals surface area contributed by atoms with Crippen LogP contribution in [-0.4, -0.2) is 11.8 Å². The standard InChI is InChI=1S/C32H21ClO6/c1-19-30(25-16-22(12-14-27(25)37-19)36-18-20-7-3-2-4-8-20)32(35)38-23-11-13-24-28(17-23)39-29(31(24)34)15-21-9-5-6-10-26(21)33/h2-17H,18H2,1H3/b29-15-. The van der Waals surface area contributed by atoms with E-state index in [0.717, 1.165) is 5.56 Å². The molecule has 6 nitrogen and oxygen atoms in total. The number of esters is 1. The first-order valence-electron chi connectivity index (χ1n) is 12.2. The van der Waals surface area contributed by atoms with E-state index in [1.807, 2.05) is 36.4 Å². The van der Waals surface area contributed by atoms with Crippen molar-refractivity contribution in [1.29, 1.82) is 0 Å². The Hall–Kier alpha value is -4.81. The molecule has 0 amide bonds. The van der Waals surface area contributed by atoms with Gasteiger partial charge in [0.05, 0.1) is 5.56 Å². The number of benzene rings is 4. The molecule has 0 bridgehead atoms. The van der Waals surface area contributed by atoms with E-state index in [1.54, 1.807) is 61.5 Å². The van der Waals surface area contributed by atoms with Crippen LogP contribution in [-0.2, 0) is 6.61 Å². The molecular formula is C32H21ClO6. The molecule has 39 heavy (non-hydrogen) atoms. The Bertz CT molecular complexity index is 1770. The summed E-state index contributed by atoms with van der Waals surface area (Å²) in [6, 6.07) is 26.9. The van der Waals surface area contributed by atoms with Crippen LogP contribution in [0.1, 0.15) is 37.6 Å². The van der Waals surface area contributed by atoms with Gasteiger partial charge >= 0.3 is 5.97 Å². The summed E-state index contributed by atoms with van der Waals surface area (Å²) in [5.41, 5.74) is 2.91. The van der Waals surface area contributed by atoms with Gasteiger partial charge in [0.15, 0.2) is 5.76 Å². The monoisotopic (exact) mass is 536 g/mol. The lowest BCUT2D eigenvalue weighted by molar-refractivity contribution is 0.0734. The van der Waals surface area contributed by atoms with E-state index in [0.29, 0.717) is 56.5 Å². The Labute approximate surface area is 229 Å². The molecule has 0 radical (unpaired) electrons. The quantitative estimate of drug-likeness (QED) is 0.125. The Morgan fingerprint density at radius 3 is 2.51 bits per heavy atom. The van der Waals surface area contributed by atoms with E-state index in [9.17, 15) is 9.59 Å². The van der Waals surface area contributed by atoms with Crippen LogP contribution in [0.4, 0.5) is 0 Å². The van der Waals surface area contributed by atoms with Gasteiger partial charge in [-0.3, -0.25) is 4.79 Å². The zero-order chi connectivity index (χ0) is 26.9. The van der Waals surface area contributed by atoms with Crippen molar-refractivity contribution in [2.75, 3.05) is 0 Å². The zero-order valence-corrected chi connectivity index (χ0v) is 21.5. The number of rotatable bonds is 6. The number of halogens is 1. The van der Waals surface area contributed by atoms with Crippen LogP contribution >= 0.6 is 11.6 Å². The Morgan fingerprint density at radius 1 is 0.923 bits per heavy atom. The van der Waals surface area contributed by atoms with E-state index >= 15 is 0 Å². The molecule has 1 aliphatic rings. The fraction of sp³-hybridized carbons (Fsp3) is 0.0625. The Kier molecular flexibility index (Phi) is 6.39. The largest absolute Gasteiger partial charge is 0.489 e. The predicted octanol–water partition coefficient (Wildman–Crippen LogP) is 7.81. The highest BCUT2D eigenvalue weighted by atomic mass is 35.5. The van der Waals surface area contributed by atoms with Gasteiger partial charge in [-0.05, 0) is 60.5 Å². The van der Waals surface area contributed by atoms with Gasteiger partial charge < -0.3 is 18.6 Å². The van der Waals surface area contributed by atoms with Crippen LogP contribution < -0.4 is 14.2 Å². The van der Waals surface area contributed by atoms with Gasteiger partial charge in [0.1, 0.15) is 40.8 Å². The van der Waals surface area contributed by atoms with Gasteiger partial charge in [0.25, 0.3) is 0 Å². The lowest BCUT2D eigenvalue weighted by atomic mass is 10.1. The lowest BCUT2D eigenvalue weighted by Gasteiger charge is -2.07. The Balaban J connectivity index is 1.22. The Morgan fingerprint density at radius 2 is 1.69 bits per heavy atom. The number of carbonyl (C=O) groups is 2. The molecule has 0 unspecified atom stereocenters. The minimum Gasteiger partial charge on any atom is -0.489 e. The van der Waals surface area contributed by atoms with E-state index in [1.165, 1.54) is 6.07 Å². The first-order valence-corrected chi connectivity index (χ1v) is 12.6. The van der Waals surface area contributed by atoms with Gasteiger partial charge in [0.2, 0.25) is 5.78 Å². The molecule has 0 atom stereocenters. The molecule has 6 rings (SSSR count). The summed E-state index contributed by atoms with van der Waals surface area (Å²) in [5.74, 6) is 0.826. The first kappa shape index (κ1) is 24.5. The number of allylic oxidation sites excluding steroid dienone is 1. The maximum Gasteiger partial charge on any atom is 0.347 e. The highest BCUT2D eigenvalue weighted by Gasteiger charge is 2.29. The average Bonchev–Trinajstić information content (AvgIpc) is 3.43. The third kappa shape index (κ3) is 4.90. The summed E-state index contributed by atoms with van der Waals surface area (Å²) in [6.45, 7) is 2.10. The summed E-state index contributed by atoms with van der Waals surface area (Å²) in [5, 5.41) is 1.09. The fourth-order valence-corrected chi connectivity index (χ4v) is 4.60. The number of carbonyl (C=O) groups excluding carboxylic acids is 2. The number of ketones is 1. The first-order chi connectivity index (χ1) is 19.0. The van der Waals surface area contributed by atoms with Gasteiger partial charge in [-0.1, -0.05) is 60.1 Å². The summed E-state index contributed by atoms with van der Waals surface area (Å²) < 4.78 is 23.2. The number of hydrogen-bond donors (Lipinski definition) is 0. The number of hydrogen-bond acceptors (Lipinski definition) is 6. The molecule has 0 saturated heterocycles. The minimum absolute atomic E-state index is 0.140. The number of Topliss-reactive ketones (excluding diaryl/α,β-unsaturated/α-hetero) is 1. The molecule has 0 aliphatic carbocycles. The van der Waals surface area contributed by atoms with E-state index in [4.69, 9.17) is 30.2 Å². The highest BCUT2D eigenvalue weighted by Crippen LogP contribution is 2.36. The maximum atomic E-state index is 13.3. The lowest BCUT2D eigenvalue weighted by Crippen LogP contribution is -2.09. The fourth-order valence-electron chi connectivity index (χ4n) is 4.41. The van der Waals surface area contributed by atoms with Crippen molar-refractivity contribution in [2.45, 2.75) is 13.5 Å². The maximum absolute atomic E-state index is 13.3. The molecule has 0 fully saturated rings. The summed E-state index contributed by atoms with van der Waals surface area (Å²) in [4.78, 5) is 26.1. The highest BCUT2D eigenvalue weighted by molar-refractivity contribution is 6.32. The topological polar surface area (TPSA) is 75.0 Å². The van der Waals surface area contributed by atoms with Crippen molar-refractivity contribution in [2.24, 2.45) is 0 Å². The second-order valence-corrected chi connectivity index (χ2v) is 9.38. The molecule has 2 heterocycles. The van der Waals surface area contributed by atoms with Crippen LogP contribution in [0.2, 0.25) is 5.02 Å². The molecule has 1 aliphatic heterocycles. The molecular weight excluding hydrogens is 516 g/mol. The smallest absolute Gasteiger partial charge is 0.347 e. The van der Waals surface area contributed by atoms with Crippen molar-refractivity contribution < 1.29 is 28.2 Å². The van der Waals surface area contributed by atoms with Crippen LogP contribution in [0.3, 0.4) is 0 Å². The summed E-state index contributed by atoms with van der Waals surface area (Å²) in [6.07, 6.45) is 1.59. The second kappa shape index (κ2) is 10.2. The average molecular weight is 537 g/mol.